The molecule has 7 heteroatoms. The molecular weight excluding hydrogens is 271 g/mol. The maximum atomic E-state index is 13.6. The van der Waals surface area contributed by atoms with Crippen molar-refractivity contribution in [3.8, 4) is 0 Å². The first-order valence-electron chi connectivity index (χ1n) is 5.99. The largest absolute Gasteiger partial charge is 0.380 e. The van der Waals surface area contributed by atoms with Crippen LogP contribution in [0, 0.1) is 12.7 Å². The maximum Gasteiger partial charge on any atom is 0.240 e. The zero-order chi connectivity index (χ0) is 14.5. The third-order valence-electron chi connectivity index (χ3n) is 2.58. The van der Waals surface area contributed by atoms with Gasteiger partial charge in [-0.1, -0.05) is 0 Å². The Hall–Kier alpha value is -1.02. The average Bonchev–Trinajstić information content (AvgIpc) is 2.37. The Morgan fingerprint density at radius 3 is 2.68 bits per heavy atom. The fourth-order valence-electron chi connectivity index (χ4n) is 1.59. The summed E-state index contributed by atoms with van der Waals surface area (Å²) in [6, 6.07) is 2.54. The van der Waals surface area contributed by atoms with Gasteiger partial charge in [0.1, 0.15) is 5.82 Å². The molecular formula is C12H19FN2O3S. The number of aryl methyl sites for hydroxylation is 1. The van der Waals surface area contributed by atoms with E-state index in [2.05, 4.69) is 4.72 Å². The molecule has 0 radical (unpaired) electrons. The summed E-state index contributed by atoms with van der Waals surface area (Å²) in [5.41, 5.74) is 5.84. The van der Waals surface area contributed by atoms with Gasteiger partial charge in [0.25, 0.3) is 0 Å². The summed E-state index contributed by atoms with van der Waals surface area (Å²) < 4.78 is 45.0. The highest BCUT2D eigenvalue weighted by Crippen LogP contribution is 2.18. The summed E-state index contributed by atoms with van der Waals surface area (Å²) in [4.78, 5) is 0.0170. The molecule has 3 N–H and O–H groups in total. The van der Waals surface area contributed by atoms with E-state index < -0.39 is 15.8 Å². The lowest BCUT2D eigenvalue weighted by Crippen LogP contribution is -2.27. The van der Waals surface area contributed by atoms with Gasteiger partial charge in [-0.25, -0.2) is 17.5 Å². The molecule has 0 heterocycles. The quantitative estimate of drug-likeness (QED) is 0.731. The predicted octanol–water partition coefficient (Wildman–Crippen LogP) is 0.908. The normalized spacial score (nSPS) is 11.8. The number of hydrogen-bond acceptors (Lipinski definition) is 4. The minimum absolute atomic E-state index is 0.0170. The Labute approximate surface area is 113 Å². The number of halogens is 1. The molecule has 0 aromatic heterocycles. The predicted molar refractivity (Wildman–Crippen MR) is 70.7 cm³/mol. The molecule has 0 spiro atoms. The van der Waals surface area contributed by atoms with Crippen molar-refractivity contribution >= 4 is 10.0 Å². The summed E-state index contributed by atoms with van der Waals surface area (Å²) in [5, 5.41) is 0. The van der Waals surface area contributed by atoms with Gasteiger partial charge in [-0.15, -0.1) is 0 Å². The number of hydrogen-bond donors (Lipinski definition) is 2. The van der Waals surface area contributed by atoms with Gasteiger partial charge in [0.2, 0.25) is 10.0 Å². The van der Waals surface area contributed by atoms with Crippen LogP contribution in [-0.2, 0) is 21.3 Å². The molecule has 1 rings (SSSR count). The summed E-state index contributed by atoms with van der Waals surface area (Å²) in [6.07, 6.45) is 0. The zero-order valence-corrected chi connectivity index (χ0v) is 11.9. The van der Waals surface area contributed by atoms with Crippen molar-refractivity contribution in [3.05, 3.63) is 29.1 Å². The molecule has 5 nitrogen and oxygen atoms in total. The summed E-state index contributed by atoms with van der Waals surface area (Å²) in [5.74, 6) is -0.462. The van der Waals surface area contributed by atoms with Crippen LogP contribution in [0.1, 0.15) is 18.1 Å². The monoisotopic (exact) mass is 290 g/mol. The van der Waals surface area contributed by atoms with Crippen LogP contribution in [0.4, 0.5) is 4.39 Å². The first kappa shape index (κ1) is 16.0. The molecule has 0 bridgehead atoms. The van der Waals surface area contributed by atoms with E-state index in [4.69, 9.17) is 10.5 Å². The molecule has 1 aromatic carbocycles. The number of ether oxygens (including phenoxy) is 1. The highest BCUT2D eigenvalue weighted by molar-refractivity contribution is 7.89. The molecule has 0 fully saturated rings. The third-order valence-corrected chi connectivity index (χ3v) is 4.02. The topological polar surface area (TPSA) is 81.4 Å². The van der Waals surface area contributed by atoms with Gasteiger partial charge in [-0.3, -0.25) is 0 Å². The fourth-order valence-corrected chi connectivity index (χ4v) is 2.73. The maximum absolute atomic E-state index is 13.6. The van der Waals surface area contributed by atoms with Gasteiger partial charge in [-0.05, 0) is 31.5 Å². The van der Waals surface area contributed by atoms with Gasteiger partial charge >= 0.3 is 0 Å². The Bertz CT molecular complexity index is 532. The van der Waals surface area contributed by atoms with E-state index in [1.807, 2.05) is 6.92 Å². The summed E-state index contributed by atoms with van der Waals surface area (Å²) >= 11 is 0. The molecule has 0 aliphatic rings. The van der Waals surface area contributed by atoms with Crippen molar-refractivity contribution in [1.82, 2.24) is 4.72 Å². The van der Waals surface area contributed by atoms with Gasteiger partial charge in [0.15, 0.2) is 0 Å². The minimum atomic E-state index is -3.66. The Balaban J connectivity index is 2.92. The number of nitrogens with one attached hydrogen (secondary N) is 1. The van der Waals surface area contributed by atoms with E-state index >= 15 is 0 Å². The summed E-state index contributed by atoms with van der Waals surface area (Å²) in [7, 11) is -3.66. The number of rotatable bonds is 7. The number of benzene rings is 1. The molecule has 0 aliphatic carbocycles. The first-order valence-corrected chi connectivity index (χ1v) is 7.47. The SMILES string of the molecule is CCOCCNS(=O)(=O)c1cc(C)c(F)c(CN)c1. The van der Waals surface area contributed by atoms with Crippen LogP contribution in [0.3, 0.4) is 0 Å². The number of sulfonamides is 1. The fraction of sp³-hybridized carbons (Fsp3) is 0.500. The second-order valence-corrected chi connectivity index (χ2v) is 5.78. The zero-order valence-electron chi connectivity index (χ0n) is 11.1. The lowest BCUT2D eigenvalue weighted by atomic mass is 10.1. The molecule has 0 atom stereocenters. The molecule has 0 saturated heterocycles. The number of nitrogens with two attached hydrogens (primary N) is 1. The van der Waals surface area contributed by atoms with Crippen LogP contribution in [0.2, 0.25) is 0 Å². The molecule has 1 aromatic rings. The standard InChI is InChI=1S/C12H19FN2O3S/c1-3-18-5-4-15-19(16,17)11-6-9(2)12(13)10(7-11)8-14/h6-7,15H,3-5,8,14H2,1-2H3. The average molecular weight is 290 g/mol. The molecule has 0 aliphatic heterocycles. The van der Waals surface area contributed by atoms with E-state index in [1.54, 1.807) is 0 Å². The van der Waals surface area contributed by atoms with Crippen molar-refractivity contribution in [2.75, 3.05) is 19.8 Å². The lowest BCUT2D eigenvalue weighted by molar-refractivity contribution is 0.153. The summed E-state index contributed by atoms with van der Waals surface area (Å²) in [6.45, 7) is 4.27. The van der Waals surface area contributed by atoms with Crippen molar-refractivity contribution < 1.29 is 17.5 Å². The van der Waals surface area contributed by atoms with Crippen LogP contribution >= 0.6 is 0 Å². The van der Waals surface area contributed by atoms with Gasteiger partial charge < -0.3 is 10.5 Å². The van der Waals surface area contributed by atoms with Crippen LogP contribution in [0.15, 0.2) is 17.0 Å². The molecule has 0 unspecified atom stereocenters. The van der Waals surface area contributed by atoms with E-state index in [-0.39, 0.29) is 29.1 Å². The van der Waals surface area contributed by atoms with Crippen molar-refractivity contribution in [2.45, 2.75) is 25.3 Å². The van der Waals surface area contributed by atoms with Crippen molar-refractivity contribution in [1.29, 1.82) is 0 Å². The Morgan fingerprint density at radius 1 is 1.42 bits per heavy atom. The van der Waals surface area contributed by atoms with Crippen LogP contribution in [-0.4, -0.2) is 28.2 Å². The van der Waals surface area contributed by atoms with E-state index in [0.717, 1.165) is 0 Å². The van der Waals surface area contributed by atoms with Gasteiger partial charge in [-0.2, -0.15) is 0 Å². The Kier molecular flexibility index (Phi) is 5.86. The van der Waals surface area contributed by atoms with Crippen LogP contribution in [0.25, 0.3) is 0 Å². The van der Waals surface area contributed by atoms with Crippen LogP contribution in [0.5, 0.6) is 0 Å². The first-order chi connectivity index (χ1) is 8.92. The van der Waals surface area contributed by atoms with E-state index in [9.17, 15) is 12.8 Å². The highest BCUT2D eigenvalue weighted by Gasteiger charge is 2.17. The van der Waals surface area contributed by atoms with Crippen molar-refractivity contribution in [3.63, 3.8) is 0 Å². The minimum Gasteiger partial charge on any atom is -0.380 e. The second-order valence-electron chi connectivity index (χ2n) is 4.01. The van der Waals surface area contributed by atoms with Gasteiger partial charge in [0.05, 0.1) is 11.5 Å². The van der Waals surface area contributed by atoms with E-state index in [0.29, 0.717) is 13.2 Å². The van der Waals surface area contributed by atoms with Crippen molar-refractivity contribution in [2.24, 2.45) is 5.73 Å². The Morgan fingerprint density at radius 2 is 2.11 bits per heavy atom. The molecule has 19 heavy (non-hydrogen) atoms. The van der Waals surface area contributed by atoms with E-state index in [1.165, 1.54) is 19.1 Å². The molecule has 0 amide bonds. The lowest BCUT2D eigenvalue weighted by Gasteiger charge is -2.10. The second kappa shape index (κ2) is 6.95. The molecule has 108 valence electrons. The van der Waals surface area contributed by atoms with Gasteiger partial charge in [0, 0.05) is 25.3 Å². The highest BCUT2D eigenvalue weighted by atomic mass is 32.2. The third kappa shape index (κ3) is 4.24. The van der Waals surface area contributed by atoms with Crippen LogP contribution < -0.4 is 10.5 Å². The smallest absolute Gasteiger partial charge is 0.240 e. The molecule has 0 saturated carbocycles.